The summed E-state index contributed by atoms with van der Waals surface area (Å²) in [5.41, 5.74) is 11.4. The number of aromatic nitrogens is 5. The molecule has 0 fully saturated rings. The normalized spacial score (nSPS) is 15.5. The number of nitrogens with zero attached hydrogens (tertiary/aromatic N) is 5. The molecule has 6 nitrogen and oxygen atoms in total. The molecule has 1 unspecified atom stereocenters. The Morgan fingerprint density at radius 1 is 0.478 bits per heavy atom. The van der Waals surface area contributed by atoms with E-state index in [9.17, 15) is 0 Å². The third-order valence-corrected chi connectivity index (χ3v) is 9.32. The first-order chi connectivity index (χ1) is 22.8. The fourth-order valence-corrected chi connectivity index (χ4v) is 7.49. The van der Waals surface area contributed by atoms with Crippen LogP contribution in [0.15, 0.2) is 144 Å². The number of rotatable bonds is 3. The molecule has 0 bridgehead atoms. The van der Waals surface area contributed by atoms with Gasteiger partial charge in [-0.3, -0.25) is 9.97 Å². The number of fused-ring (bicyclic) bond motifs is 12. The van der Waals surface area contributed by atoms with Crippen LogP contribution in [0, 0.1) is 0 Å². The predicted octanol–water partition coefficient (Wildman–Crippen LogP) is 8.75. The maximum atomic E-state index is 6.62. The Balaban J connectivity index is 1.24. The van der Waals surface area contributed by atoms with Gasteiger partial charge in [0.2, 0.25) is 0 Å². The van der Waals surface area contributed by atoms with Crippen LogP contribution >= 0.6 is 0 Å². The van der Waals surface area contributed by atoms with E-state index in [-0.39, 0.29) is 0 Å². The third kappa shape index (κ3) is 3.32. The first-order valence-corrected chi connectivity index (χ1v) is 15.2. The van der Waals surface area contributed by atoms with Crippen molar-refractivity contribution in [2.45, 2.75) is 5.41 Å². The van der Waals surface area contributed by atoms with Gasteiger partial charge in [0.25, 0.3) is 0 Å². The minimum absolute atomic E-state index is 0.510. The molecular formula is C40H23N5O. The van der Waals surface area contributed by atoms with E-state index < -0.39 is 5.41 Å². The minimum Gasteiger partial charge on any atom is -0.456 e. The molecule has 1 atom stereocenters. The van der Waals surface area contributed by atoms with Gasteiger partial charge in [-0.2, -0.15) is 0 Å². The molecule has 4 aromatic carbocycles. The highest BCUT2D eigenvalue weighted by molar-refractivity contribution is 6.02. The smallest absolute Gasteiger partial charge is 0.165 e. The topological polar surface area (TPSA) is 77.6 Å². The highest BCUT2D eigenvalue weighted by Gasteiger charge is 2.54. The fourth-order valence-electron chi connectivity index (χ4n) is 7.49. The first kappa shape index (κ1) is 25.1. The van der Waals surface area contributed by atoms with Crippen molar-refractivity contribution >= 4 is 11.0 Å². The molecule has 1 spiro atoms. The molecule has 0 aliphatic heterocycles. The molecule has 4 heterocycles. The summed E-state index contributed by atoms with van der Waals surface area (Å²) in [5, 5.41) is 1.14. The summed E-state index contributed by atoms with van der Waals surface area (Å²) in [4.78, 5) is 23.4. The highest BCUT2D eigenvalue weighted by atomic mass is 16.3. The molecule has 0 radical (unpaired) electrons. The number of para-hydroxylation sites is 1. The van der Waals surface area contributed by atoms with Gasteiger partial charge in [0.05, 0.1) is 5.41 Å². The second-order valence-electron chi connectivity index (χ2n) is 11.7. The summed E-state index contributed by atoms with van der Waals surface area (Å²) in [7, 11) is 0. The Bertz CT molecular complexity index is 2430. The molecule has 8 aromatic rings. The maximum Gasteiger partial charge on any atom is 0.165 e. The zero-order chi connectivity index (χ0) is 30.2. The van der Waals surface area contributed by atoms with Crippen molar-refractivity contribution in [1.82, 2.24) is 24.9 Å². The summed E-state index contributed by atoms with van der Waals surface area (Å²) in [6.07, 6.45) is 7.05. The Morgan fingerprint density at radius 2 is 1.07 bits per heavy atom. The molecule has 0 saturated carbocycles. The van der Waals surface area contributed by atoms with Gasteiger partial charge < -0.3 is 4.42 Å². The molecule has 10 rings (SSSR count). The molecule has 0 amide bonds. The molecule has 0 N–H and O–H groups in total. The second kappa shape index (κ2) is 9.36. The zero-order valence-electron chi connectivity index (χ0n) is 24.4. The van der Waals surface area contributed by atoms with E-state index in [0.717, 1.165) is 44.5 Å². The lowest BCUT2D eigenvalue weighted by Gasteiger charge is -2.29. The van der Waals surface area contributed by atoms with Crippen LogP contribution in [-0.4, -0.2) is 24.9 Å². The Kier molecular flexibility index (Phi) is 5.11. The van der Waals surface area contributed by atoms with E-state index in [1.54, 1.807) is 24.8 Å². The van der Waals surface area contributed by atoms with Crippen LogP contribution in [0.1, 0.15) is 22.3 Å². The molecular weight excluding hydrogens is 566 g/mol. The second-order valence-corrected chi connectivity index (χ2v) is 11.7. The Morgan fingerprint density at radius 3 is 1.76 bits per heavy atom. The van der Waals surface area contributed by atoms with Crippen LogP contribution in [0.25, 0.3) is 67.6 Å². The summed E-state index contributed by atoms with van der Waals surface area (Å²) in [5.74, 6) is 2.67. The van der Waals surface area contributed by atoms with Crippen molar-refractivity contribution in [2.24, 2.45) is 0 Å². The van der Waals surface area contributed by atoms with Gasteiger partial charge in [0, 0.05) is 58.0 Å². The highest BCUT2D eigenvalue weighted by Crippen LogP contribution is 2.64. The first-order valence-electron chi connectivity index (χ1n) is 15.2. The average Bonchev–Trinajstić information content (AvgIpc) is 3.76. The molecule has 0 saturated heterocycles. The van der Waals surface area contributed by atoms with Crippen LogP contribution in [-0.2, 0) is 5.41 Å². The standard InChI is InChI=1S/C40H23N5O/c1-4-14-31-27(11-1)30-21-24(37-43-38(25-9-7-19-41-22-25)45-39(44-37)26-10-8-20-42-23-26)17-18-33(30)40(31)32-15-5-2-12-28(32)36-35(40)29-13-3-6-16-34(29)46-36/h1-23H. The lowest BCUT2D eigenvalue weighted by Crippen LogP contribution is -2.25. The van der Waals surface area contributed by atoms with Gasteiger partial charge in [0.1, 0.15) is 11.3 Å². The lowest BCUT2D eigenvalue weighted by atomic mass is 9.70. The monoisotopic (exact) mass is 589 g/mol. The van der Waals surface area contributed by atoms with Crippen molar-refractivity contribution in [1.29, 1.82) is 0 Å². The van der Waals surface area contributed by atoms with Crippen molar-refractivity contribution in [3.8, 4) is 56.6 Å². The van der Waals surface area contributed by atoms with Gasteiger partial charge >= 0.3 is 0 Å². The predicted molar refractivity (Wildman–Crippen MR) is 178 cm³/mol. The lowest BCUT2D eigenvalue weighted by molar-refractivity contribution is 0.628. The van der Waals surface area contributed by atoms with Crippen LogP contribution < -0.4 is 0 Å². The molecule has 214 valence electrons. The van der Waals surface area contributed by atoms with Gasteiger partial charge in [-0.25, -0.2) is 15.0 Å². The molecule has 6 heteroatoms. The Hall–Kier alpha value is -6.27. The Labute approximate surface area is 264 Å². The van der Waals surface area contributed by atoms with Gasteiger partial charge in [0.15, 0.2) is 17.5 Å². The van der Waals surface area contributed by atoms with Gasteiger partial charge in [-0.1, -0.05) is 78.9 Å². The van der Waals surface area contributed by atoms with E-state index in [1.807, 2.05) is 30.3 Å². The summed E-state index contributed by atoms with van der Waals surface area (Å²) < 4.78 is 6.62. The van der Waals surface area contributed by atoms with Crippen molar-refractivity contribution < 1.29 is 4.42 Å². The number of furan rings is 1. The van der Waals surface area contributed by atoms with E-state index in [1.165, 1.54) is 27.8 Å². The third-order valence-electron chi connectivity index (χ3n) is 9.32. The van der Waals surface area contributed by atoms with Crippen molar-refractivity contribution in [3.63, 3.8) is 0 Å². The number of hydrogen-bond acceptors (Lipinski definition) is 6. The zero-order valence-corrected chi connectivity index (χ0v) is 24.4. The number of hydrogen-bond donors (Lipinski definition) is 0. The number of benzene rings is 4. The quantitative estimate of drug-likeness (QED) is 0.205. The summed E-state index contributed by atoms with van der Waals surface area (Å²) >= 11 is 0. The largest absolute Gasteiger partial charge is 0.456 e. The summed E-state index contributed by atoms with van der Waals surface area (Å²) in [6, 6.07) is 40.2. The van der Waals surface area contributed by atoms with Crippen LogP contribution in [0.3, 0.4) is 0 Å². The molecule has 2 aliphatic carbocycles. The van der Waals surface area contributed by atoms with Crippen LogP contribution in [0.5, 0.6) is 0 Å². The maximum absolute atomic E-state index is 6.62. The fraction of sp³-hybridized carbons (Fsp3) is 0.0250. The number of pyridine rings is 2. The van der Waals surface area contributed by atoms with E-state index in [2.05, 4.69) is 94.9 Å². The van der Waals surface area contributed by atoms with Crippen molar-refractivity contribution in [2.75, 3.05) is 0 Å². The summed E-state index contributed by atoms with van der Waals surface area (Å²) in [6.45, 7) is 0. The van der Waals surface area contributed by atoms with E-state index >= 15 is 0 Å². The minimum atomic E-state index is -0.510. The van der Waals surface area contributed by atoms with Gasteiger partial charge in [-0.05, 0) is 64.2 Å². The van der Waals surface area contributed by atoms with E-state index in [0.29, 0.717) is 17.5 Å². The van der Waals surface area contributed by atoms with E-state index in [4.69, 9.17) is 19.4 Å². The van der Waals surface area contributed by atoms with Gasteiger partial charge in [-0.15, -0.1) is 0 Å². The molecule has 46 heavy (non-hydrogen) atoms. The van der Waals surface area contributed by atoms with Crippen molar-refractivity contribution in [3.05, 3.63) is 162 Å². The average molecular weight is 590 g/mol. The SMILES string of the molecule is c1cncc(-c2nc(-c3cccnc3)nc(-c3ccc4c(c3)-c3ccccc3C43c4ccccc4-c4oc5ccccc5c43)n2)c1. The molecule has 4 aromatic heterocycles. The van der Waals surface area contributed by atoms with Crippen LogP contribution in [0.2, 0.25) is 0 Å². The molecule has 2 aliphatic rings. The van der Waals surface area contributed by atoms with Crippen LogP contribution in [0.4, 0.5) is 0 Å².